The number of aromatic nitrogens is 4. The summed E-state index contributed by atoms with van der Waals surface area (Å²) >= 11 is 5.00. The number of rotatable bonds is 2. The molecule has 2 aromatic heterocycles. The number of hydrogen-bond donors (Lipinski definition) is 1. The number of aromatic amines is 1. The summed E-state index contributed by atoms with van der Waals surface area (Å²) in [5.74, 6) is -1.37. The Hall–Kier alpha value is -2.02. The first-order chi connectivity index (χ1) is 11.8. The van der Waals surface area contributed by atoms with Gasteiger partial charge in [0, 0.05) is 16.1 Å². The van der Waals surface area contributed by atoms with Crippen LogP contribution in [0.25, 0.3) is 16.7 Å². The third-order valence-electron chi connectivity index (χ3n) is 2.67. The predicted octanol–water partition coefficient (Wildman–Crippen LogP) is 2.26. The molecule has 0 aliphatic heterocycles. The van der Waals surface area contributed by atoms with Gasteiger partial charge in [-0.3, -0.25) is 13.8 Å². The van der Waals surface area contributed by atoms with E-state index in [0.29, 0.717) is 0 Å². The van der Waals surface area contributed by atoms with Crippen LogP contribution < -0.4 is 5.56 Å². The van der Waals surface area contributed by atoms with Gasteiger partial charge in [0.25, 0.3) is 5.56 Å². The molecule has 0 fully saturated rings. The van der Waals surface area contributed by atoms with Crippen molar-refractivity contribution in [2.24, 2.45) is 0 Å². The van der Waals surface area contributed by atoms with Gasteiger partial charge in [0.1, 0.15) is 5.82 Å². The number of para-hydroxylation sites is 1. The first kappa shape index (κ1) is 6.42. The lowest BCUT2D eigenvalue weighted by Gasteiger charge is -2.09. The molecule has 0 radical (unpaired) electrons. The molecule has 0 aliphatic rings. The fourth-order valence-corrected chi connectivity index (χ4v) is 2.14. The monoisotopic (exact) mass is 285 g/mol. The second-order valence-corrected chi connectivity index (χ2v) is 4.06. The molecular formula is C12H11FN4OS. The average Bonchev–Trinajstić information content (AvgIpc) is 2.87. The molecule has 2 heterocycles. The van der Waals surface area contributed by atoms with Crippen LogP contribution >= 0.6 is 12.2 Å². The first-order valence-electron chi connectivity index (χ1n) is 8.63. The molecule has 1 N–H and O–H groups in total. The summed E-state index contributed by atoms with van der Waals surface area (Å²) in [5, 5.41) is 5.66. The van der Waals surface area contributed by atoms with Crippen molar-refractivity contribution in [1.82, 2.24) is 19.2 Å². The maximum absolute atomic E-state index is 14.3. The molecule has 0 atom stereocenters. The van der Waals surface area contributed by atoms with Crippen molar-refractivity contribution in [2.45, 2.75) is 19.7 Å². The summed E-state index contributed by atoms with van der Waals surface area (Å²) < 4.78 is 68.9. The summed E-state index contributed by atoms with van der Waals surface area (Å²) in [6.45, 7) is -6.74. The Labute approximate surface area is 122 Å². The van der Waals surface area contributed by atoms with Crippen LogP contribution in [-0.4, -0.2) is 19.2 Å². The summed E-state index contributed by atoms with van der Waals surface area (Å²) in [4.78, 5) is 12.8. The van der Waals surface area contributed by atoms with Gasteiger partial charge in [-0.1, -0.05) is 12.9 Å². The number of fused-ring (bicyclic) bond motifs is 3. The highest BCUT2D eigenvalue weighted by atomic mass is 32.1. The summed E-state index contributed by atoms with van der Waals surface area (Å²) in [5.41, 5.74) is -1.41. The van der Waals surface area contributed by atoms with E-state index < -0.39 is 36.9 Å². The smallest absolute Gasteiger partial charge is 0.262 e. The largest absolute Gasteiger partial charge is 0.276 e. The van der Waals surface area contributed by atoms with Crippen molar-refractivity contribution >= 4 is 28.9 Å². The van der Waals surface area contributed by atoms with Crippen LogP contribution in [0.4, 0.5) is 4.39 Å². The molecule has 0 saturated carbocycles. The normalized spacial score (nSPS) is 19.1. The maximum Gasteiger partial charge on any atom is 0.262 e. The lowest BCUT2D eigenvalue weighted by molar-refractivity contribution is 0.628. The molecule has 0 saturated heterocycles. The third kappa shape index (κ3) is 1.61. The summed E-state index contributed by atoms with van der Waals surface area (Å²) in [7, 11) is 0. The van der Waals surface area contributed by atoms with Gasteiger partial charge in [-0.05, 0) is 30.7 Å². The Balaban J connectivity index is 2.58. The molecule has 3 aromatic rings. The van der Waals surface area contributed by atoms with E-state index >= 15 is 0 Å². The lowest BCUT2D eigenvalue weighted by Crippen LogP contribution is -2.23. The standard InChI is InChI=1S/C12H11FN4OS/c1-2-6-16-10(18)7-4-3-5-8(13)9(7)17-11(16)14-15-12(17)19/h3-5H,2,6H2,1H3,(H,15,19)/i1D3,2D2,6D2. The van der Waals surface area contributed by atoms with Crippen LogP contribution in [-0.2, 0) is 6.50 Å². The van der Waals surface area contributed by atoms with E-state index in [9.17, 15) is 9.18 Å². The van der Waals surface area contributed by atoms with E-state index in [1.807, 2.05) is 0 Å². The van der Waals surface area contributed by atoms with Crippen molar-refractivity contribution in [3.63, 3.8) is 0 Å². The van der Waals surface area contributed by atoms with E-state index in [1.165, 1.54) is 12.1 Å². The zero-order chi connectivity index (χ0) is 19.7. The van der Waals surface area contributed by atoms with E-state index in [4.69, 9.17) is 21.8 Å². The van der Waals surface area contributed by atoms with Crippen molar-refractivity contribution in [3.8, 4) is 0 Å². The van der Waals surface area contributed by atoms with E-state index in [0.717, 1.165) is 10.5 Å². The highest BCUT2D eigenvalue weighted by Gasteiger charge is 2.15. The zero-order valence-electron chi connectivity index (χ0n) is 16.3. The summed E-state index contributed by atoms with van der Waals surface area (Å²) in [6.07, 6.45) is -3.46. The van der Waals surface area contributed by atoms with Gasteiger partial charge in [0.05, 0.1) is 10.9 Å². The minimum atomic E-state index is -3.46. The Bertz CT molecular complexity index is 1150. The van der Waals surface area contributed by atoms with Crippen LogP contribution in [0, 0.1) is 10.6 Å². The maximum atomic E-state index is 14.3. The Kier molecular flexibility index (Phi) is 1.44. The number of halogens is 1. The Morgan fingerprint density at radius 2 is 2.47 bits per heavy atom. The first-order valence-corrected chi connectivity index (χ1v) is 5.54. The number of aryl methyl sites for hydroxylation is 1. The van der Waals surface area contributed by atoms with Crippen LogP contribution in [0.2, 0.25) is 0 Å². The number of H-pyrrole nitrogens is 1. The molecule has 0 amide bonds. The second kappa shape index (κ2) is 4.27. The van der Waals surface area contributed by atoms with Crippen LogP contribution in [0.1, 0.15) is 22.8 Å². The number of hydrogen-bond acceptors (Lipinski definition) is 3. The summed E-state index contributed by atoms with van der Waals surface area (Å²) in [6, 6.07) is 3.48. The Morgan fingerprint density at radius 3 is 3.26 bits per heavy atom. The van der Waals surface area contributed by atoms with Gasteiger partial charge >= 0.3 is 0 Å². The molecule has 5 nitrogen and oxygen atoms in total. The third-order valence-corrected chi connectivity index (χ3v) is 2.94. The Morgan fingerprint density at radius 1 is 1.63 bits per heavy atom. The van der Waals surface area contributed by atoms with Gasteiger partial charge in [-0.2, -0.15) is 0 Å². The van der Waals surface area contributed by atoms with Crippen molar-refractivity contribution in [2.75, 3.05) is 0 Å². The molecule has 0 spiro atoms. The highest BCUT2D eigenvalue weighted by Crippen LogP contribution is 2.16. The van der Waals surface area contributed by atoms with Gasteiger partial charge < -0.3 is 0 Å². The molecule has 1 aromatic carbocycles. The van der Waals surface area contributed by atoms with Gasteiger partial charge in [0.15, 0.2) is 0 Å². The molecule has 7 heteroatoms. The highest BCUT2D eigenvalue weighted by molar-refractivity contribution is 7.71. The number of benzene rings is 1. The van der Waals surface area contributed by atoms with Crippen LogP contribution in [0.15, 0.2) is 23.0 Å². The number of nitrogens with zero attached hydrogens (tertiary/aromatic N) is 3. The quantitative estimate of drug-likeness (QED) is 0.735. The zero-order valence-corrected chi connectivity index (χ0v) is 10.1. The van der Waals surface area contributed by atoms with Crippen LogP contribution in [0.3, 0.4) is 0 Å². The SMILES string of the molecule is [2H]C([2H])([2H])C([2H])([2H])C([2H])([2H])n1c(=O)c2cccc(F)c2n2c(=S)[nH]nc12. The minimum absolute atomic E-state index is 0.172. The molecule has 0 unspecified atom stereocenters. The van der Waals surface area contributed by atoms with Gasteiger partial charge in [-0.15, -0.1) is 5.10 Å². The molecule has 19 heavy (non-hydrogen) atoms. The fourth-order valence-electron chi connectivity index (χ4n) is 1.92. The van der Waals surface area contributed by atoms with Crippen molar-refractivity contribution in [3.05, 3.63) is 39.1 Å². The van der Waals surface area contributed by atoms with E-state index in [1.54, 1.807) is 0 Å². The van der Waals surface area contributed by atoms with E-state index in [2.05, 4.69) is 10.2 Å². The minimum Gasteiger partial charge on any atom is -0.276 e. The van der Waals surface area contributed by atoms with E-state index in [-0.39, 0.29) is 20.2 Å². The van der Waals surface area contributed by atoms with Crippen molar-refractivity contribution in [1.29, 1.82) is 0 Å². The molecule has 0 bridgehead atoms. The van der Waals surface area contributed by atoms with Gasteiger partial charge in [0.2, 0.25) is 10.5 Å². The second-order valence-electron chi connectivity index (χ2n) is 3.68. The average molecular weight is 285 g/mol. The molecule has 3 rings (SSSR count). The molecular weight excluding hydrogens is 267 g/mol. The number of nitrogens with one attached hydrogen (secondary N) is 1. The topological polar surface area (TPSA) is 55.1 Å². The van der Waals surface area contributed by atoms with Crippen molar-refractivity contribution < 1.29 is 14.0 Å². The predicted molar refractivity (Wildman–Crippen MR) is 72.4 cm³/mol. The van der Waals surface area contributed by atoms with Gasteiger partial charge in [-0.25, -0.2) is 9.49 Å². The van der Waals surface area contributed by atoms with Crippen LogP contribution in [0.5, 0.6) is 0 Å². The molecule has 98 valence electrons. The lowest BCUT2D eigenvalue weighted by atomic mass is 10.2. The molecule has 0 aliphatic carbocycles. The fraction of sp³-hybridized carbons (Fsp3) is 0.250.